The highest BCUT2D eigenvalue weighted by Crippen LogP contribution is 2.15. The van der Waals surface area contributed by atoms with Crippen LogP contribution in [0.15, 0.2) is 0 Å². The molecule has 0 aromatic rings. The molecule has 0 aliphatic heterocycles. The molecule has 0 amide bonds. The van der Waals surface area contributed by atoms with Crippen LogP contribution in [0.4, 0.5) is 0 Å². The van der Waals surface area contributed by atoms with E-state index in [0.717, 1.165) is 11.8 Å². The Morgan fingerprint density at radius 2 is 0.917 bits per heavy atom. The minimum atomic E-state index is 0.683. The molecule has 0 spiro atoms. The second kappa shape index (κ2) is 4.86. The van der Waals surface area contributed by atoms with Crippen molar-refractivity contribution in [3.63, 3.8) is 0 Å². The van der Waals surface area contributed by atoms with Crippen LogP contribution in [-0.4, -0.2) is 24.0 Å². The summed E-state index contributed by atoms with van der Waals surface area (Å²) >= 11 is 0. The van der Waals surface area contributed by atoms with E-state index in [1.807, 2.05) is 0 Å². The Morgan fingerprint density at radius 1 is 0.667 bits per heavy atom. The van der Waals surface area contributed by atoms with Crippen LogP contribution in [-0.2, 0) is 0 Å². The van der Waals surface area contributed by atoms with Crippen LogP contribution in [0.25, 0.3) is 0 Å². The zero-order valence-electron chi connectivity index (χ0n) is 9.76. The zero-order valence-corrected chi connectivity index (χ0v) is 9.76. The second-order valence-electron chi connectivity index (χ2n) is 4.63. The fraction of sp³-hybridized carbons (Fsp3) is 1.00. The first-order valence-corrected chi connectivity index (χ1v) is 5.09. The normalized spacial score (nSPS) is 17.5. The molecule has 1 nitrogen and oxygen atoms in total. The van der Waals surface area contributed by atoms with Gasteiger partial charge in [0.05, 0.1) is 0 Å². The molecule has 0 N–H and O–H groups in total. The summed E-state index contributed by atoms with van der Waals surface area (Å²) < 4.78 is 0. The molecular weight excluding hydrogens is 146 g/mol. The van der Waals surface area contributed by atoms with Crippen molar-refractivity contribution in [1.82, 2.24) is 4.90 Å². The molecule has 0 unspecified atom stereocenters. The van der Waals surface area contributed by atoms with E-state index in [2.05, 4.69) is 53.5 Å². The maximum atomic E-state index is 2.48. The van der Waals surface area contributed by atoms with Gasteiger partial charge in [0, 0.05) is 12.1 Å². The van der Waals surface area contributed by atoms with Crippen LogP contribution >= 0.6 is 0 Å². The Bertz CT molecular complexity index is 104. The fourth-order valence-corrected chi connectivity index (χ4v) is 1.31. The van der Waals surface area contributed by atoms with E-state index >= 15 is 0 Å². The third-order valence-corrected chi connectivity index (χ3v) is 3.21. The van der Waals surface area contributed by atoms with Gasteiger partial charge in [-0.15, -0.1) is 0 Å². The van der Waals surface area contributed by atoms with E-state index in [4.69, 9.17) is 0 Å². The van der Waals surface area contributed by atoms with Gasteiger partial charge in [0.15, 0.2) is 0 Å². The van der Waals surface area contributed by atoms with Crippen LogP contribution in [0, 0.1) is 11.8 Å². The third kappa shape index (κ3) is 3.14. The summed E-state index contributed by atoms with van der Waals surface area (Å²) in [5.41, 5.74) is 0. The molecule has 0 heterocycles. The Labute approximate surface area is 78.1 Å². The van der Waals surface area contributed by atoms with Gasteiger partial charge in [-0.1, -0.05) is 27.7 Å². The molecule has 0 bridgehead atoms. The van der Waals surface area contributed by atoms with E-state index in [9.17, 15) is 0 Å². The summed E-state index contributed by atoms with van der Waals surface area (Å²) in [6, 6.07) is 1.37. The lowest BCUT2D eigenvalue weighted by molar-refractivity contribution is 0.127. The molecule has 1 heteroatoms. The molecule has 0 fully saturated rings. The summed E-state index contributed by atoms with van der Waals surface area (Å²) in [6.07, 6.45) is 0. The quantitative estimate of drug-likeness (QED) is 0.628. The van der Waals surface area contributed by atoms with Gasteiger partial charge in [0.2, 0.25) is 0 Å². The van der Waals surface area contributed by atoms with Crippen molar-refractivity contribution < 1.29 is 0 Å². The first-order valence-electron chi connectivity index (χ1n) is 5.09. The molecule has 0 aliphatic rings. The van der Waals surface area contributed by atoms with E-state index in [1.165, 1.54) is 0 Å². The highest BCUT2D eigenvalue weighted by atomic mass is 15.2. The van der Waals surface area contributed by atoms with Crippen molar-refractivity contribution in [2.45, 2.75) is 53.6 Å². The maximum absolute atomic E-state index is 2.48. The number of nitrogens with zero attached hydrogens (tertiary/aromatic N) is 1. The van der Waals surface area contributed by atoms with Crippen molar-refractivity contribution in [2.24, 2.45) is 11.8 Å². The molecule has 74 valence electrons. The molecule has 0 aromatic heterocycles. The lowest BCUT2D eigenvalue weighted by Gasteiger charge is -2.35. The van der Waals surface area contributed by atoms with Gasteiger partial charge in [0.1, 0.15) is 0 Å². The van der Waals surface area contributed by atoms with Gasteiger partial charge < -0.3 is 4.90 Å². The number of hydrogen-bond acceptors (Lipinski definition) is 1. The van der Waals surface area contributed by atoms with E-state index in [1.54, 1.807) is 0 Å². The predicted molar refractivity (Wildman–Crippen MR) is 56.4 cm³/mol. The zero-order chi connectivity index (χ0) is 9.89. The molecule has 2 atom stereocenters. The standard InChI is InChI=1S/C11H25N/c1-8(2)10(5)12(7)11(6)9(3)4/h8-11H,1-7H3/t10-,11+. The van der Waals surface area contributed by atoms with Crippen LogP contribution in [0.3, 0.4) is 0 Å². The fourth-order valence-electron chi connectivity index (χ4n) is 1.31. The smallest absolute Gasteiger partial charge is 0.00898 e. The SMILES string of the molecule is CC(C)[C@@H](C)N(C)[C@@H](C)C(C)C. The maximum Gasteiger partial charge on any atom is 0.00898 e. The molecule has 0 saturated heterocycles. The summed E-state index contributed by atoms with van der Waals surface area (Å²) in [4.78, 5) is 2.48. The molecular formula is C11H25N. The number of hydrogen-bond donors (Lipinski definition) is 0. The van der Waals surface area contributed by atoms with Crippen molar-refractivity contribution in [2.75, 3.05) is 7.05 Å². The first-order chi connectivity index (χ1) is 5.37. The average molecular weight is 171 g/mol. The Hall–Kier alpha value is -0.0400. The highest BCUT2D eigenvalue weighted by Gasteiger charge is 2.20. The predicted octanol–water partition coefficient (Wildman–Crippen LogP) is 3.01. The van der Waals surface area contributed by atoms with Gasteiger partial charge in [-0.05, 0) is 32.7 Å². The van der Waals surface area contributed by atoms with Gasteiger partial charge >= 0.3 is 0 Å². The minimum absolute atomic E-state index is 0.683. The highest BCUT2D eigenvalue weighted by molar-refractivity contribution is 4.74. The first kappa shape index (κ1) is 12.0. The van der Waals surface area contributed by atoms with Crippen LogP contribution in [0.2, 0.25) is 0 Å². The molecule has 0 aromatic carbocycles. The minimum Gasteiger partial charge on any atom is -0.301 e. The van der Waals surface area contributed by atoms with E-state index in [0.29, 0.717) is 12.1 Å². The molecule has 0 radical (unpaired) electrons. The average Bonchev–Trinajstić information content (AvgIpc) is 2.00. The Morgan fingerprint density at radius 3 is 1.08 bits per heavy atom. The largest absolute Gasteiger partial charge is 0.301 e. The topological polar surface area (TPSA) is 3.24 Å². The van der Waals surface area contributed by atoms with Gasteiger partial charge in [0.25, 0.3) is 0 Å². The third-order valence-electron chi connectivity index (χ3n) is 3.21. The molecule has 0 rings (SSSR count). The lowest BCUT2D eigenvalue weighted by atomic mass is 9.99. The lowest BCUT2D eigenvalue weighted by Crippen LogP contribution is -2.42. The molecule has 12 heavy (non-hydrogen) atoms. The van der Waals surface area contributed by atoms with Crippen molar-refractivity contribution in [1.29, 1.82) is 0 Å². The van der Waals surface area contributed by atoms with Gasteiger partial charge in [-0.2, -0.15) is 0 Å². The second-order valence-corrected chi connectivity index (χ2v) is 4.63. The van der Waals surface area contributed by atoms with Crippen molar-refractivity contribution in [3.05, 3.63) is 0 Å². The number of rotatable bonds is 4. The Balaban J connectivity index is 4.08. The van der Waals surface area contributed by atoms with Crippen molar-refractivity contribution >= 4 is 0 Å². The summed E-state index contributed by atoms with van der Waals surface area (Å²) in [6.45, 7) is 13.8. The Kier molecular flexibility index (Phi) is 4.84. The van der Waals surface area contributed by atoms with Crippen molar-refractivity contribution in [3.8, 4) is 0 Å². The summed E-state index contributed by atoms with van der Waals surface area (Å²) in [5.74, 6) is 1.49. The van der Waals surface area contributed by atoms with Crippen LogP contribution < -0.4 is 0 Å². The summed E-state index contributed by atoms with van der Waals surface area (Å²) in [5, 5.41) is 0. The van der Waals surface area contributed by atoms with Crippen LogP contribution in [0.1, 0.15) is 41.5 Å². The monoisotopic (exact) mass is 171 g/mol. The molecule has 0 saturated carbocycles. The molecule has 0 aliphatic carbocycles. The van der Waals surface area contributed by atoms with E-state index in [-0.39, 0.29) is 0 Å². The summed E-state index contributed by atoms with van der Waals surface area (Å²) in [7, 11) is 2.23. The van der Waals surface area contributed by atoms with E-state index < -0.39 is 0 Å². The van der Waals surface area contributed by atoms with Gasteiger partial charge in [-0.3, -0.25) is 0 Å². The van der Waals surface area contributed by atoms with Gasteiger partial charge in [-0.25, -0.2) is 0 Å². The van der Waals surface area contributed by atoms with Crippen LogP contribution in [0.5, 0.6) is 0 Å².